The van der Waals surface area contributed by atoms with Gasteiger partial charge in [0, 0.05) is 21.8 Å². The van der Waals surface area contributed by atoms with Crippen LogP contribution in [-0.4, -0.2) is 55.1 Å². The van der Waals surface area contributed by atoms with E-state index in [9.17, 15) is 42.1 Å². The minimum absolute atomic E-state index is 0.178. The van der Waals surface area contributed by atoms with E-state index in [2.05, 4.69) is 219 Å². The zero-order valence-corrected chi connectivity index (χ0v) is 76.5. The molecule has 0 atom stereocenters. The second-order valence-corrected chi connectivity index (χ2v) is 39.7. The summed E-state index contributed by atoms with van der Waals surface area (Å²) >= 11 is 21.4. The van der Waals surface area contributed by atoms with Crippen LogP contribution in [-0.2, 0) is 74.1 Å². The molecule has 0 spiro atoms. The fourth-order valence-corrected chi connectivity index (χ4v) is 18.2. The molecule has 0 aliphatic rings. The van der Waals surface area contributed by atoms with Crippen LogP contribution in [0.2, 0.25) is 0 Å². The lowest BCUT2D eigenvalue weighted by Crippen LogP contribution is -2.05. The molecule has 18 nitrogen and oxygen atoms in total. The van der Waals surface area contributed by atoms with Crippen molar-refractivity contribution in [3.05, 3.63) is 405 Å². The monoisotopic (exact) mass is 1950 g/mol. The summed E-state index contributed by atoms with van der Waals surface area (Å²) in [6, 6.07) is 120. The highest BCUT2D eigenvalue weighted by Crippen LogP contribution is 2.59. The van der Waals surface area contributed by atoms with E-state index < -0.39 is 59.1 Å². The Morgan fingerprint density at radius 1 is 0.217 bits per heavy atom. The number of hydrogen-bond donors (Lipinski definition) is 1. The number of rotatable bonds is 22. The lowest BCUT2D eigenvalue weighted by Gasteiger charge is -2.29. The lowest BCUT2D eigenvalue weighted by atomic mass is 9.74. The van der Waals surface area contributed by atoms with E-state index in [1.54, 1.807) is 12.1 Å². The molecule has 30 heteroatoms. The Hall–Kier alpha value is -11.9. The predicted molar refractivity (Wildman–Crippen MR) is 511 cm³/mol. The Bertz CT molecular complexity index is 7020. The van der Waals surface area contributed by atoms with Crippen LogP contribution in [0, 0.1) is 18.8 Å². The third-order valence-corrected chi connectivity index (χ3v) is 26.6. The molecule has 16 aromatic rings. The quantitative estimate of drug-likeness (QED) is 0.0375. The molecule has 0 bridgehead atoms. The van der Waals surface area contributed by atoms with E-state index in [-0.39, 0.29) is 36.5 Å². The fourth-order valence-electron chi connectivity index (χ4n) is 14.6. The number of halogens is 6. The van der Waals surface area contributed by atoms with Gasteiger partial charge in [0.2, 0.25) is 0 Å². The van der Waals surface area contributed by atoms with Crippen molar-refractivity contribution in [2.24, 2.45) is 0 Å². The molecule has 1 N–H and O–H groups in total. The number of hydrogen-bond acceptors (Lipinski definition) is 17. The van der Waals surface area contributed by atoms with Crippen LogP contribution < -0.4 is 4.18 Å². The minimum atomic E-state index is -4.52. The largest absolute Gasteiger partial charge is 0.401 e. The Labute approximate surface area is 777 Å². The third-order valence-electron chi connectivity index (χ3n) is 20.0. The van der Waals surface area contributed by atoms with Gasteiger partial charge in [0.25, 0.3) is 0 Å². The first kappa shape index (κ1) is 94.7. The van der Waals surface area contributed by atoms with E-state index in [1.165, 1.54) is 188 Å². The molecule has 129 heavy (non-hydrogen) atoms. The van der Waals surface area contributed by atoms with E-state index in [0.717, 1.165) is 16.7 Å². The van der Waals surface area contributed by atoms with Crippen molar-refractivity contribution in [3.63, 3.8) is 0 Å². The molecule has 16 rings (SSSR count). The Morgan fingerprint density at radius 2 is 0.364 bits per heavy atom. The van der Waals surface area contributed by atoms with E-state index in [1.807, 2.05) is 79.7 Å². The predicted octanol–water partition coefficient (Wildman–Crippen LogP) is 26.1. The van der Waals surface area contributed by atoms with Gasteiger partial charge in [-0.25, -0.2) is 0 Å². The van der Waals surface area contributed by atoms with Gasteiger partial charge in [-0.1, -0.05) is 321 Å². The van der Waals surface area contributed by atoms with Crippen LogP contribution in [0.4, 0.5) is 0 Å². The molecule has 16 aromatic carbocycles. The summed E-state index contributed by atoms with van der Waals surface area (Å²) in [5.74, 6) is 6.04. The van der Waals surface area contributed by atoms with Crippen LogP contribution in [0.15, 0.2) is 408 Å². The van der Waals surface area contributed by atoms with Crippen LogP contribution in [0.3, 0.4) is 0 Å². The van der Waals surface area contributed by atoms with Crippen molar-refractivity contribution in [1.82, 2.24) is 0 Å². The minimum Gasteiger partial charge on any atom is -0.371 e. The number of aryl methyl sites for hydroxylation is 1. The molecule has 0 unspecified atom stereocenters. The molecule has 0 fully saturated rings. The van der Waals surface area contributed by atoms with Crippen molar-refractivity contribution in [2.75, 3.05) is 0 Å². The van der Waals surface area contributed by atoms with Gasteiger partial charge < -0.3 is 4.18 Å². The first-order valence-corrected chi connectivity index (χ1v) is 49.8. The zero-order chi connectivity index (χ0) is 91.7. The van der Waals surface area contributed by atoms with Crippen LogP contribution in [0.25, 0.3) is 134 Å². The van der Waals surface area contributed by atoms with Gasteiger partial charge in [0.05, 0.1) is 77.7 Å². The zero-order valence-electron chi connectivity index (χ0n) is 67.1. The fraction of sp³-hybridized carbons (Fsp3) is 0.0101. The van der Waals surface area contributed by atoms with Crippen molar-refractivity contribution in [3.8, 4) is 151 Å². The summed E-state index contributed by atoms with van der Waals surface area (Å²) < 4.78 is 174. The van der Waals surface area contributed by atoms with Gasteiger partial charge in [-0.05, 0) is 225 Å². The molecule has 0 aliphatic heterocycles. The highest BCUT2D eigenvalue weighted by atomic mass is 35.7. The van der Waals surface area contributed by atoms with Crippen molar-refractivity contribution < 1.29 is 74.2 Å². The topological polar surface area (TPSA) is 271 Å². The van der Waals surface area contributed by atoms with Gasteiger partial charge in [-0.15, -0.1) is 0 Å². The van der Waals surface area contributed by atoms with E-state index in [4.69, 9.17) is 75.3 Å². The molecule has 0 amide bonds. The summed E-state index contributed by atoms with van der Waals surface area (Å²) in [4.78, 5) is -1.38. The molecule has 0 saturated heterocycles. The first-order valence-electron chi connectivity index (χ1n) is 38.4. The lowest BCUT2D eigenvalue weighted by molar-refractivity contribution is 0.500. The molecule has 0 saturated carbocycles. The second-order valence-electron chi connectivity index (χ2n) is 28.1. The normalized spacial score (nSPS) is 11.5. The summed E-state index contributed by atoms with van der Waals surface area (Å²) in [6.07, 6.45) is 0. The summed E-state index contributed by atoms with van der Waals surface area (Å²) in [5.41, 5.74) is 21.7. The van der Waals surface area contributed by atoms with Crippen molar-refractivity contribution in [1.29, 1.82) is 0 Å². The van der Waals surface area contributed by atoms with Crippen molar-refractivity contribution >= 4 is 128 Å². The first-order chi connectivity index (χ1) is 61.9. The summed E-state index contributed by atoms with van der Waals surface area (Å²) in [7, 11) is -17.1. The van der Waals surface area contributed by atoms with Crippen LogP contribution in [0.5, 0.6) is 5.75 Å². The Balaban J connectivity index is 0.000000194. The van der Waals surface area contributed by atoms with E-state index >= 15 is 0 Å². The van der Waals surface area contributed by atoms with Gasteiger partial charge in [0.15, 0.2) is 0 Å². The average molecular weight is 1950 g/mol. The molecule has 0 aromatic heterocycles. The molecule has 650 valence electrons. The maximum atomic E-state index is 12.8. The molecule has 0 radical (unpaired) electrons. The smallest absolute Gasteiger partial charge is 0.371 e. The second kappa shape index (κ2) is 42.1. The summed E-state index contributed by atoms with van der Waals surface area (Å²) in [6.45, 7) is 1.85. The highest BCUT2D eigenvalue weighted by Gasteiger charge is 2.33. The maximum Gasteiger partial charge on any atom is 0.401 e. The van der Waals surface area contributed by atoms with Gasteiger partial charge in [-0.2, -0.15) is 65.4 Å². The van der Waals surface area contributed by atoms with Gasteiger partial charge >= 0.3 is 59.1 Å². The highest BCUT2D eigenvalue weighted by molar-refractivity contribution is 8.10. The van der Waals surface area contributed by atoms with Gasteiger partial charge in [-0.3, -0.25) is 4.55 Å². The van der Waals surface area contributed by atoms with Crippen LogP contribution in [0.1, 0.15) is 16.7 Å². The van der Waals surface area contributed by atoms with E-state index in [0.29, 0.717) is 55.6 Å². The summed E-state index contributed by atoms with van der Waals surface area (Å²) in [5, 5.41) is 0. The number of benzene rings is 16. The third kappa shape index (κ3) is 23.4. The van der Waals surface area contributed by atoms with Crippen LogP contribution >= 0.6 is 68.8 Å². The Morgan fingerprint density at radius 3 is 0.527 bits per heavy atom. The average Bonchev–Trinajstić information content (AvgIpc) is 0.702. The molecular weight excluding hydrogens is 1880 g/mol. The maximum absolute atomic E-state index is 12.8. The Kier molecular flexibility index (Phi) is 30.9. The van der Waals surface area contributed by atoms with Gasteiger partial charge in [0.1, 0.15) is 5.75 Å². The molecular formula is C99H68Cl6O18S6. The molecule has 0 heterocycles. The molecule has 0 aliphatic carbocycles. The van der Waals surface area contributed by atoms with Crippen molar-refractivity contribution in [2.45, 2.75) is 26.5 Å². The SMILES string of the molecule is C(#Cc1ccccc1)c1ccccc1.Cc1ccc(-c2c(-c3ccc(OS(=O)(=O)Cl)cc3)c(-c3ccc(S(=O)(=O)OCl)cc3)c(-c3ccc(S(=O)(=O)OCl)cc3)c(-c3ccc(S(=O)(=O)OCl)cc3)c2-c2ccc(S(=O)(=O)OCl)cc2)cc1.O=S(=O)(O)Cl.c1ccc(-c2c(-c3ccccc3)c(-c3ccccc3)c(-c3ccccc3)c(-c3ccccc3)c2-c2ccccc2)cc1. The standard InChI is InChI=1S/C43H27Cl5O15S5.C42H30.C14H10.ClHO3S/c1-26-2-4-27(5-3-26)38-39(28-6-16-33(17-7-28)59-68(48,57)58)41(30-10-20-35(21-11-30)65(51,52)61-45)43(32-14-24-37(25-15-32)67(55,56)63-47)42(31-12-22-36(23-13-31)66(53,54)62-46)40(38)29-8-18-34(19-9-29)64(49,50)60-44;1-7-19-31(20-8-1)37-38(32-21-9-2-10-22-32)40(34-25-13-4-14-26-34)42(36-29-17-6-18-30-36)41(35-27-15-5-16-28-35)39(37)33-23-11-3-12-24-33;1-3-7-13(8-4-1)11-12-14-9-5-2-6-10-14;1-5(2,3)4/h2-25H,1H3;1-30H;1-10H;(H,2,3,4).